The van der Waals surface area contributed by atoms with E-state index in [9.17, 15) is 14.6 Å². The summed E-state index contributed by atoms with van der Waals surface area (Å²) in [5, 5.41) is 22.2. The summed E-state index contributed by atoms with van der Waals surface area (Å²) in [4.78, 5) is 0. The number of phenols is 1. The first-order valence-electron chi connectivity index (χ1n) is 6.68. The number of nitrogens with one attached hydrogen (secondary N) is 1. The summed E-state index contributed by atoms with van der Waals surface area (Å²) in [6.45, 7) is 1.03. The molecule has 0 aliphatic heterocycles. The SMILES string of the molecule is Oc1cccc(CNCC(O)COc2ccc(F)cc2)c1. The molecule has 0 amide bonds. The largest absolute Gasteiger partial charge is 0.508 e. The van der Waals surface area contributed by atoms with Crippen molar-refractivity contribution in [3.63, 3.8) is 0 Å². The van der Waals surface area contributed by atoms with Crippen molar-refractivity contribution in [2.24, 2.45) is 0 Å². The average Bonchev–Trinajstić information content (AvgIpc) is 2.47. The maximum atomic E-state index is 12.7. The Morgan fingerprint density at radius 2 is 1.90 bits per heavy atom. The van der Waals surface area contributed by atoms with Gasteiger partial charge in [-0.15, -0.1) is 0 Å². The van der Waals surface area contributed by atoms with Gasteiger partial charge in [0, 0.05) is 13.1 Å². The lowest BCUT2D eigenvalue weighted by Gasteiger charge is -2.13. The van der Waals surface area contributed by atoms with E-state index in [0.717, 1.165) is 5.56 Å². The highest BCUT2D eigenvalue weighted by atomic mass is 19.1. The smallest absolute Gasteiger partial charge is 0.123 e. The molecule has 0 aliphatic rings. The van der Waals surface area contributed by atoms with Crippen molar-refractivity contribution in [1.82, 2.24) is 5.32 Å². The third-order valence-electron chi connectivity index (χ3n) is 2.88. The van der Waals surface area contributed by atoms with Gasteiger partial charge in [0.25, 0.3) is 0 Å². The Morgan fingerprint density at radius 3 is 2.62 bits per heavy atom. The molecule has 0 saturated carbocycles. The van der Waals surface area contributed by atoms with Gasteiger partial charge in [-0.2, -0.15) is 0 Å². The van der Waals surface area contributed by atoms with E-state index in [2.05, 4.69) is 5.32 Å². The number of phenolic OH excluding ortho intramolecular Hbond substituents is 1. The van der Waals surface area contributed by atoms with Crippen molar-refractivity contribution < 1.29 is 19.3 Å². The Morgan fingerprint density at radius 1 is 1.14 bits per heavy atom. The van der Waals surface area contributed by atoms with Crippen LogP contribution in [0.1, 0.15) is 5.56 Å². The van der Waals surface area contributed by atoms with Gasteiger partial charge in [-0.3, -0.25) is 0 Å². The average molecular weight is 291 g/mol. The summed E-state index contributed by atoms with van der Waals surface area (Å²) in [5.41, 5.74) is 0.932. The Kier molecular flexibility index (Phi) is 5.54. The summed E-state index contributed by atoms with van der Waals surface area (Å²) >= 11 is 0. The van der Waals surface area contributed by atoms with Crippen LogP contribution in [0.15, 0.2) is 48.5 Å². The van der Waals surface area contributed by atoms with Gasteiger partial charge in [0.05, 0.1) is 0 Å². The first kappa shape index (κ1) is 15.3. The van der Waals surface area contributed by atoms with Crippen LogP contribution in [0, 0.1) is 5.82 Å². The lowest BCUT2D eigenvalue weighted by atomic mass is 10.2. The second-order valence-electron chi connectivity index (χ2n) is 4.72. The second kappa shape index (κ2) is 7.61. The third kappa shape index (κ3) is 5.41. The molecule has 2 rings (SSSR count). The van der Waals surface area contributed by atoms with Crippen molar-refractivity contribution in [1.29, 1.82) is 0 Å². The monoisotopic (exact) mass is 291 g/mol. The Balaban J connectivity index is 1.67. The lowest BCUT2D eigenvalue weighted by molar-refractivity contribution is 0.106. The molecule has 2 aromatic rings. The molecule has 0 heterocycles. The van der Waals surface area contributed by atoms with E-state index in [-0.39, 0.29) is 18.2 Å². The molecule has 4 nitrogen and oxygen atoms in total. The molecule has 0 radical (unpaired) electrons. The van der Waals surface area contributed by atoms with Gasteiger partial charge in [-0.1, -0.05) is 12.1 Å². The standard InChI is InChI=1S/C16H18FNO3/c17-13-4-6-16(7-5-13)21-11-15(20)10-18-9-12-2-1-3-14(19)8-12/h1-8,15,18-20H,9-11H2. The number of ether oxygens (including phenoxy) is 1. The molecular formula is C16H18FNO3. The minimum atomic E-state index is -0.674. The van der Waals surface area contributed by atoms with E-state index < -0.39 is 6.10 Å². The minimum Gasteiger partial charge on any atom is -0.508 e. The van der Waals surface area contributed by atoms with Crippen LogP contribution in [0.2, 0.25) is 0 Å². The summed E-state index contributed by atoms with van der Waals surface area (Å²) < 4.78 is 18.1. The van der Waals surface area contributed by atoms with Gasteiger partial charge in [0.15, 0.2) is 0 Å². The first-order chi connectivity index (χ1) is 10.1. The molecule has 0 saturated heterocycles. The van der Waals surface area contributed by atoms with Crippen molar-refractivity contribution >= 4 is 0 Å². The number of hydrogen-bond acceptors (Lipinski definition) is 4. The van der Waals surface area contributed by atoms with Gasteiger partial charge in [-0.25, -0.2) is 4.39 Å². The minimum absolute atomic E-state index is 0.124. The lowest BCUT2D eigenvalue weighted by Crippen LogP contribution is -2.31. The summed E-state index contributed by atoms with van der Waals surface area (Å²) in [5.74, 6) is 0.411. The second-order valence-corrected chi connectivity index (χ2v) is 4.72. The number of benzene rings is 2. The number of rotatable bonds is 7. The van der Waals surface area contributed by atoms with Crippen molar-refractivity contribution in [2.75, 3.05) is 13.2 Å². The molecule has 0 spiro atoms. The Labute approximate surface area is 122 Å². The van der Waals surface area contributed by atoms with Gasteiger partial charge < -0.3 is 20.3 Å². The van der Waals surface area contributed by atoms with Gasteiger partial charge in [0.1, 0.15) is 30.0 Å². The topological polar surface area (TPSA) is 61.7 Å². The van der Waals surface area contributed by atoms with E-state index in [1.54, 1.807) is 18.2 Å². The van der Waals surface area contributed by atoms with Gasteiger partial charge >= 0.3 is 0 Å². The van der Waals surface area contributed by atoms with E-state index in [4.69, 9.17) is 4.74 Å². The molecular weight excluding hydrogens is 273 g/mol. The molecule has 2 aromatic carbocycles. The number of aromatic hydroxyl groups is 1. The number of hydrogen-bond donors (Lipinski definition) is 3. The van der Waals surface area contributed by atoms with Crippen LogP contribution in [-0.2, 0) is 6.54 Å². The number of aliphatic hydroxyl groups excluding tert-OH is 1. The molecule has 0 fully saturated rings. The zero-order valence-electron chi connectivity index (χ0n) is 11.5. The Bertz CT molecular complexity index is 560. The maximum absolute atomic E-state index is 12.7. The van der Waals surface area contributed by atoms with Crippen LogP contribution in [-0.4, -0.2) is 29.5 Å². The highest BCUT2D eigenvalue weighted by Crippen LogP contribution is 2.12. The van der Waals surface area contributed by atoms with Crippen molar-refractivity contribution in [3.8, 4) is 11.5 Å². The quantitative estimate of drug-likeness (QED) is 0.731. The van der Waals surface area contributed by atoms with Crippen LogP contribution in [0.25, 0.3) is 0 Å². The fraction of sp³-hybridized carbons (Fsp3) is 0.250. The van der Waals surface area contributed by atoms with Crippen LogP contribution in [0.4, 0.5) is 4.39 Å². The van der Waals surface area contributed by atoms with E-state index >= 15 is 0 Å². The fourth-order valence-electron chi connectivity index (χ4n) is 1.83. The normalized spacial score (nSPS) is 12.1. The van der Waals surface area contributed by atoms with E-state index in [1.807, 2.05) is 6.07 Å². The Hall–Kier alpha value is -2.11. The van der Waals surface area contributed by atoms with E-state index in [1.165, 1.54) is 24.3 Å². The summed E-state index contributed by atoms with van der Waals surface area (Å²) in [6.07, 6.45) is -0.674. The van der Waals surface area contributed by atoms with Crippen LogP contribution >= 0.6 is 0 Å². The van der Waals surface area contributed by atoms with Crippen molar-refractivity contribution in [3.05, 3.63) is 59.9 Å². The van der Waals surface area contributed by atoms with Crippen LogP contribution < -0.4 is 10.1 Å². The molecule has 3 N–H and O–H groups in total. The molecule has 1 unspecified atom stereocenters. The molecule has 1 atom stereocenters. The molecule has 0 bridgehead atoms. The molecule has 5 heteroatoms. The van der Waals surface area contributed by atoms with Crippen LogP contribution in [0.3, 0.4) is 0 Å². The summed E-state index contributed by atoms with van der Waals surface area (Å²) in [7, 11) is 0. The van der Waals surface area contributed by atoms with Crippen LogP contribution in [0.5, 0.6) is 11.5 Å². The zero-order chi connectivity index (χ0) is 15.1. The highest BCUT2D eigenvalue weighted by molar-refractivity contribution is 5.27. The number of aliphatic hydroxyl groups is 1. The number of halogens is 1. The molecule has 0 aliphatic carbocycles. The van der Waals surface area contributed by atoms with Gasteiger partial charge in [0.2, 0.25) is 0 Å². The third-order valence-corrected chi connectivity index (χ3v) is 2.88. The zero-order valence-corrected chi connectivity index (χ0v) is 11.5. The first-order valence-corrected chi connectivity index (χ1v) is 6.68. The predicted octanol–water partition coefficient (Wildman–Crippen LogP) is 2.06. The maximum Gasteiger partial charge on any atom is 0.123 e. The van der Waals surface area contributed by atoms with Crippen molar-refractivity contribution in [2.45, 2.75) is 12.6 Å². The molecule has 112 valence electrons. The summed E-state index contributed by atoms with van der Waals surface area (Å²) in [6, 6.07) is 12.6. The predicted molar refractivity (Wildman–Crippen MR) is 77.7 cm³/mol. The van der Waals surface area contributed by atoms with Gasteiger partial charge in [-0.05, 0) is 42.0 Å². The fourth-order valence-corrected chi connectivity index (χ4v) is 1.83. The van der Waals surface area contributed by atoms with E-state index in [0.29, 0.717) is 18.8 Å². The highest BCUT2D eigenvalue weighted by Gasteiger charge is 2.05. The molecule has 21 heavy (non-hydrogen) atoms. The molecule has 0 aromatic heterocycles.